The number of ether oxygens (including phenoxy) is 2. The number of esters is 1. The van der Waals surface area contributed by atoms with Gasteiger partial charge in [0.25, 0.3) is 0 Å². The fourth-order valence-corrected chi connectivity index (χ4v) is 2.54. The van der Waals surface area contributed by atoms with E-state index in [4.69, 9.17) is 14.6 Å². The third-order valence-electron chi connectivity index (χ3n) is 3.93. The molecule has 3 aromatic carbocycles. The lowest BCUT2D eigenvalue weighted by Crippen LogP contribution is -2.15. The van der Waals surface area contributed by atoms with E-state index in [9.17, 15) is 14.4 Å². The van der Waals surface area contributed by atoms with Crippen molar-refractivity contribution in [2.75, 3.05) is 17.2 Å². The van der Waals surface area contributed by atoms with Crippen LogP contribution in [0.2, 0.25) is 0 Å². The van der Waals surface area contributed by atoms with E-state index >= 15 is 0 Å². The lowest BCUT2D eigenvalue weighted by atomic mass is 10.2. The van der Waals surface area contributed by atoms with E-state index in [1.54, 1.807) is 36.4 Å². The van der Waals surface area contributed by atoms with Gasteiger partial charge in [0.1, 0.15) is 18.1 Å². The average molecular weight is 450 g/mol. The minimum atomic E-state index is -0.469. The molecule has 0 saturated heterocycles. The highest BCUT2D eigenvalue weighted by Gasteiger charge is 2.06. The SMILES string of the molecule is CC(=O)Nc1ccc(O)cc1.CC(=O)Nc1ccc(OC(=O)COCc2ccccc2)cc1. The van der Waals surface area contributed by atoms with E-state index in [1.807, 2.05) is 30.3 Å². The van der Waals surface area contributed by atoms with Crippen molar-refractivity contribution in [2.24, 2.45) is 0 Å². The first kappa shape index (κ1) is 25.1. The number of rotatable bonds is 7. The van der Waals surface area contributed by atoms with Gasteiger partial charge in [-0.1, -0.05) is 30.3 Å². The molecule has 0 aliphatic carbocycles. The summed E-state index contributed by atoms with van der Waals surface area (Å²) >= 11 is 0. The third-order valence-corrected chi connectivity index (χ3v) is 3.93. The Bertz CT molecular complexity index is 1030. The standard InChI is InChI=1S/C17H17NO4.C8H9NO2/c1-13(19)18-15-7-9-16(10-8-15)22-17(20)12-21-11-14-5-3-2-4-6-14;1-6(10)9-7-2-4-8(11)5-3-7/h2-10H,11-12H2,1H3,(H,18,19);2-5,11H,1H3,(H,9,10). The summed E-state index contributed by atoms with van der Waals surface area (Å²) in [4.78, 5) is 33.1. The van der Waals surface area contributed by atoms with Crippen LogP contribution in [0.4, 0.5) is 11.4 Å². The van der Waals surface area contributed by atoms with Crippen molar-refractivity contribution in [2.45, 2.75) is 20.5 Å². The molecular weight excluding hydrogens is 424 g/mol. The zero-order valence-corrected chi connectivity index (χ0v) is 18.4. The van der Waals surface area contributed by atoms with E-state index in [-0.39, 0.29) is 24.2 Å². The predicted octanol–water partition coefficient (Wildman–Crippen LogP) is 4.12. The normalized spacial score (nSPS) is 9.76. The van der Waals surface area contributed by atoms with E-state index in [0.29, 0.717) is 23.7 Å². The number of amides is 2. The lowest BCUT2D eigenvalue weighted by Gasteiger charge is -2.07. The van der Waals surface area contributed by atoms with Crippen LogP contribution < -0.4 is 15.4 Å². The van der Waals surface area contributed by atoms with Gasteiger partial charge < -0.3 is 25.2 Å². The maximum absolute atomic E-state index is 11.6. The maximum atomic E-state index is 11.6. The van der Waals surface area contributed by atoms with Crippen LogP contribution in [-0.4, -0.2) is 29.5 Å². The average Bonchev–Trinajstić information content (AvgIpc) is 2.77. The Morgan fingerprint density at radius 3 is 1.79 bits per heavy atom. The Labute approximate surface area is 192 Å². The molecule has 172 valence electrons. The van der Waals surface area contributed by atoms with Crippen molar-refractivity contribution in [3.8, 4) is 11.5 Å². The molecule has 0 aromatic heterocycles. The molecule has 3 N–H and O–H groups in total. The van der Waals surface area contributed by atoms with Gasteiger partial charge in [0.15, 0.2) is 0 Å². The molecule has 0 heterocycles. The zero-order valence-electron chi connectivity index (χ0n) is 18.4. The van der Waals surface area contributed by atoms with Gasteiger partial charge in [0.05, 0.1) is 6.61 Å². The molecule has 33 heavy (non-hydrogen) atoms. The van der Waals surface area contributed by atoms with Crippen molar-refractivity contribution in [1.29, 1.82) is 0 Å². The first-order valence-corrected chi connectivity index (χ1v) is 10.1. The second-order valence-electron chi connectivity index (χ2n) is 6.89. The molecule has 0 spiro atoms. The molecule has 8 nitrogen and oxygen atoms in total. The van der Waals surface area contributed by atoms with Gasteiger partial charge in [-0.2, -0.15) is 0 Å². The smallest absolute Gasteiger partial charge is 0.337 e. The lowest BCUT2D eigenvalue weighted by molar-refractivity contribution is -0.140. The number of phenolic OH excluding ortho intramolecular Hbond substituents is 1. The number of benzene rings is 3. The van der Waals surface area contributed by atoms with Crippen LogP contribution in [0.1, 0.15) is 19.4 Å². The highest BCUT2D eigenvalue weighted by atomic mass is 16.6. The van der Waals surface area contributed by atoms with Crippen molar-refractivity contribution in [3.05, 3.63) is 84.4 Å². The van der Waals surface area contributed by atoms with E-state index < -0.39 is 5.97 Å². The number of carbonyl (C=O) groups is 3. The maximum Gasteiger partial charge on any atom is 0.337 e. The molecule has 2 amide bonds. The fourth-order valence-electron chi connectivity index (χ4n) is 2.54. The number of carbonyl (C=O) groups excluding carboxylic acids is 3. The van der Waals surface area contributed by atoms with E-state index in [1.165, 1.54) is 26.0 Å². The predicted molar refractivity (Wildman–Crippen MR) is 125 cm³/mol. The minimum Gasteiger partial charge on any atom is -0.508 e. The number of phenols is 1. The van der Waals surface area contributed by atoms with Gasteiger partial charge in [0, 0.05) is 25.2 Å². The van der Waals surface area contributed by atoms with Gasteiger partial charge in [-0.05, 0) is 54.1 Å². The summed E-state index contributed by atoms with van der Waals surface area (Å²) in [5.74, 6) is -0.139. The monoisotopic (exact) mass is 450 g/mol. The Kier molecular flexibility index (Phi) is 10.1. The van der Waals surface area contributed by atoms with Gasteiger partial charge in [0.2, 0.25) is 11.8 Å². The molecular formula is C25H26N2O6. The molecule has 0 radical (unpaired) electrons. The molecule has 0 unspecified atom stereocenters. The van der Waals surface area contributed by atoms with E-state index in [0.717, 1.165) is 5.56 Å². The highest BCUT2D eigenvalue weighted by Crippen LogP contribution is 2.16. The first-order chi connectivity index (χ1) is 15.8. The van der Waals surface area contributed by atoms with Gasteiger partial charge >= 0.3 is 5.97 Å². The fraction of sp³-hybridized carbons (Fsp3) is 0.160. The first-order valence-electron chi connectivity index (χ1n) is 10.1. The largest absolute Gasteiger partial charge is 0.508 e. The molecule has 0 fully saturated rings. The number of hydrogen-bond acceptors (Lipinski definition) is 6. The number of aromatic hydroxyl groups is 1. The summed E-state index contributed by atoms with van der Waals surface area (Å²) in [5.41, 5.74) is 2.33. The van der Waals surface area contributed by atoms with Gasteiger partial charge in [-0.3, -0.25) is 9.59 Å². The second-order valence-corrected chi connectivity index (χ2v) is 6.89. The van der Waals surface area contributed by atoms with E-state index in [2.05, 4.69) is 10.6 Å². The van der Waals surface area contributed by atoms with Crippen LogP contribution in [-0.2, 0) is 25.7 Å². The topological polar surface area (TPSA) is 114 Å². The Morgan fingerprint density at radius 1 is 0.758 bits per heavy atom. The van der Waals surface area contributed by atoms with Gasteiger partial charge in [-0.15, -0.1) is 0 Å². The molecule has 8 heteroatoms. The van der Waals surface area contributed by atoms with Gasteiger partial charge in [-0.25, -0.2) is 4.79 Å². The third kappa shape index (κ3) is 10.6. The molecule has 0 atom stereocenters. The summed E-state index contributed by atoms with van der Waals surface area (Å²) in [6.45, 7) is 3.10. The van der Waals surface area contributed by atoms with Crippen molar-refractivity contribution < 1.29 is 29.0 Å². The molecule has 3 aromatic rings. The Hall–Kier alpha value is -4.17. The summed E-state index contributed by atoms with van der Waals surface area (Å²) in [7, 11) is 0. The van der Waals surface area contributed by atoms with Crippen molar-refractivity contribution in [1.82, 2.24) is 0 Å². The molecule has 0 bridgehead atoms. The number of hydrogen-bond donors (Lipinski definition) is 3. The van der Waals surface area contributed by atoms with Crippen LogP contribution >= 0.6 is 0 Å². The summed E-state index contributed by atoms with van der Waals surface area (Å²) < 4.78 is 10.4. The van der Waals surface area contributed by atoms with Crippen molar-refractivity contribution >= 4 is 29.2 Å². The zero-order chi connectivity index (χ0) is 24.1. The Morgan fingerprint density at radius 2 is 1.27 bits per heavy atom. The quantitative estimate of drug-likeness (QED) is 0.283. The van der Waals surface area contributed by atoms with Crippen LogP contribution in [0.5, 0.6) is 11.5 Å². The Balaban J connectivity index is 0.000000294. The summed E-state index contributed by atoms with van der Waals surface area (Å²) in [5, 5.41) is 14.1. The second kappa shape index (κ2) is 13.3. The molecule has 0 saturated carbocycles. The summed E-state index contributed by atoms with van der Waals surface area (Å²) in [6, 6.07) is 22.4. The highest BCUT2D eigenvalue weighted by molar-refractivity contribution is 5.89. The van der Waals surface area contributed by atoms with Crippen LogP contribution in [0.15, 0.2) is 78.9 Å². The number of anilines is 2. The number of nitrogens with one attached hydrogen (secondary N) is 2. The van der Waals surface area contributed by atoms with Crippen LogP contribution in [0.25, 0.3) is 0 Å². The summed E-state index contributed by atoms with van der Waals surface area (Å²) in [6.07, 6.45) is 0. The molecule has 0 aliphatic heterocycles. The molecule has 0 aliphatic rings. The van der Waals surface area contributed by atoms with Crippen LogP contribution in [0, 0.1) is 0 Å². The van der Waals surface area contributed by atoms with Crippen molar-refractivity contribution in [3.63, 3.8) is 0 Å². The minimum absolute atomic E-state index is 0.115. The van der Waals surface area contributed by atoms with Crippen LogP contribution in [0.3, 0.4) is 0 Å². The molecule has 3 rings (SSSR count).